The summed E-state index contributed by atoms with van der Waals surface area (Å²) in [5, 5.41) is 9.68. The molecule has 0 fully saturated rings. The fourth-order valence-corrected chi connectivity index (χ4v) is 5.39. The van der Waals surface area contributed by atoms with Gasteiger partial charge in [0.25, 0.3) is 0 Å². The summed E-state index contributed by atoms with van der Waals surface area (Å²) < 4.78 is 7.49. The molecule has 1 aromatic carbocycles. The number of aliphatic hydroxyl groups is 1. The molecule has 0 aromatic heterocycles. The first-order valence-corrected chi connectivity index (χ1v) is 14.1. The fourth-order valence-electron chi connectivity index (χ4n) is 3.57. The van der Waals surface area contributed by atoms with Gasteiger partial charge in [-0.15, -0.1) is 0 Å². The smallest absolute Gasteiger partial charge is 0.421 e. The van der Waals surface area contributed by atoms with E-state index < -0.39 is 5.60 Å². The summed E-state index contributed by atoms with van der Waals surface area (Å²) in [6.45, 7) is 18.9. The van der Waals surface area contributed by atoms with E-state index in [0.29, 0.717) is 12.3 Å². The van der Waals surface area contributed by atoms with Crippen LogP contribution < -0.4 is 0 Å². The van der Waals surface area contributed by atoms with Crippen molar-refractivity contribution in [3.05, 3.63) is 34.9 Å². The molecule has 6 heteroatoms. The molecular weight excluding hydrogens is 509 g/mol. The highest BCUT2D eigenvalue weighted by atomic mass is 127. The quantitative estimate of drug-likeness (QED) is 0.274. The molecule has 1 aromatic rings. The SMILES string of the molecule is CC(C)C[C@H](C(C)c1ccc(C(C)(C)C)cc1CCO)N(SI)C(=O)OC(C)(C)C. The molecule has 0 saturated carbocycles. The standard InChI is InChI=1S/C24H40INO3S/c1-16(2)14-21(26(30-25)22(28)29-24(7,8)9)17(3)20-11-10-19(23(4,5)6)15-18(20)12-13-27/h10-11,15-17,21,27H,12-14H2,1-9H3/t17?,21-/m1/s1. The number of aliphatic hydroxyl groups excluding tert-OH is 1. The van der Waals surface area contributed by atoms with Gasteiger partial charge in [0, 0.05) is 42.8 Å². The molecule has 0 bridgehead atoms. The summed E-state index contributed by atoms with van der Waals surface area (Å²) in [4.78, 5) is 13.0. The van der Waals surface area contributed by atoms with E-state index in [4.69, 9.17) is 4.74 Å². The number of hydrogen-bond acceptors (Lipinski definition) is 4. The highest BCUT2D eigenvalue weighted by molar-refractivity contribution is 14.2. The van der Waals surface area contributed by atoms with Gasteiger partial charge in [-0.3, -0.25) is 0 Å². The van der Waals surface area contributed by atoms with Crippen LogP contribution in [0.25, 0.3) is 0 Å². The first-order chi connectivity index (χ1) is 13.7. The number of carbonyl (C=O) groups excluding carboxylic acids is 1. The van der Waals surface area contributed by atoms with Crippen molar-refractivity contribution in [3.8, 4) is 0 Å². The third-order valence-corrected chi connectivity index (χ3v) is 6.96. The Balaban J connectivity index is 3.39. The number of halogens is 1. The second-order valence-corrected chi connectivity index (χ2v) is 12.2. The molecule has 2 atom stereocenters. The average Bonchev–Trinajstić information content (AvgIpc) is 2.58. The van der Waals surface area contributed by atoms with Crippen LogP contribution in [-0.4, -0.2) is 33.8 Å². The minimum atomic E-state index is -0.538. The van der Waals surface area contributed by atoms with Crippen LogP contribution in [0.5, 0.6) is 0 Å². The Morgan fingerprint density at radius 2 is 1.77 bits per heavy atom. The van der Waals surface area contributed by atoms with Crippen LogP contribution in [-0.2, 0) is 16.6 Å². The van der Waals surface area contributed by atoms with E-state index in [1.165, 1.54) is 20.2 Å². The van der Waals surface area contributed by atoms with Gasteiger partial charge in [0.15, 0.2) is 0 Å². The van der Waals surface area contributed by atoms with Gasteiger partial charge < -0.3 is 9.84 Å². The maximum Gasteiger partial charge on any atom is 0.421 e. The van der Waals surface area contributed by atoms with Gasteiger partial charge in [-0.25, -0.2) is 9.10 Å². The third-order valence-electron chi connectivity index (χ3n) is 5.12. The van der Waals surface area contributed by atoms with E-state index in [2.05, 4.69) is 80.9 Å². The lowest BCUT2D eigenvalue weighted by atomic mass is 9.80. The first kappa shape index (κ1) is 27.6. The Kier molecular flexibility index (Phi) is 10.5. The van der Waals surface area contributed by atoms with Gasteiger partial charge >= 0.3 is 6.09 Å². The molecule has 30 heavy (non-hydrogen) atoms. The van der Waals surface area contributed by atoms with Crippen molar-refractivity contribution in [2.45, 2.75) is 98.1 Å². The lowest BCUT2D eigenvalue weighted by molar-refractivity contribution is 0.0332. The van der Waals surface area contributed by atoms with Crippen LogP contribution in [0.4, 0.5) is 4.79 Å². The monoisotopic (exact) mass is 549 g/mol. The van der Waals surface area contributed by atoms with Gasteiger partial charge in [-0.2, -0.15) is 0 Å². The molecule has 0 aliphatic carbocycles. The average molecular weight is 550 g/mol. The molecule has 0 spiro atoms. The van der Waals surface area contributed by atoms with Gasteiger partial charge in [-0.05, 0) is 61.6 Å². The predicted molar refractivity (Wildman–Crippen MR) is 137 cm³/mol. The molecule has 1 amide bonds. The number of nitrogens with zero attached hydrogens (tertiary/aromatic N) is 1. The highest BCUT2D eigenvalue weighted by Crippen LogP contribution is 2.38. The van der Waals surface area contributed by atoms with Gasteiger partial charge in [0.1, 0.15) is 5.60 Å². The molecule has 0 saturated heterocycles. The van der Waals surface area contributed by atoms with Crippen molar-refractivity contribution in [3.63, 3.8) is 0 Å². The normalized spacial score (nSPS) is 14.5. The first-order valence-electron chi connectivity index (χ1n) is 10.8. The molecule has 4 nitrogen and oxygen atoms in total. The zero-order valence-electron chi connectivity index (χ0n) is 20.1. The molecule has 1 N–H and O–H groups in total. The van der Waals surface area contributed by atoms with Crippen molar-refractivity contribution in [2.24, 2.45) is 5.92 Å². The number of carbonyl (C=O) groups is 1. The zero-order valence-corrected chi connectivity index (χ0v) is 23.1. The molecular formula is C24H40INO3S. The lowest BCUT2D eigenvalue weighted by Crippen LogP contribution is -2.41. The van der Waals surface area contributed by atoms with Crippen LogP contribution in [0.3, 0.4) is 0 Å². The number of hydrogen-bond donors (Lipinski definition) is 1. The topological polar surface area (TPSA) is 49.8 Å². The zero-order chi connectivity index (χ0) is 23.3. The molecule has 0 aliphatic rings. The van der Waals surface area contributed by atoms with Crippen LogP contribution >= 0.6 is 30.3 Å². The minimum Gasteiger partial charge on any atom is -0.443 e. The van der Waals surface area contributed by atoms with Crippen LogP contribution in [0.1, 0.15) is 91.3 Å². The van der Waals surface area contributed by atoms with E-state index in [0.717, 1.165) is 12.0 Å². The van der Waals surface area contributed by atoms with Crippen molar-refractivity contribution >= 4 is 36.4 Å². The van der Waals surface area contributed by atoms with Crippen LogP contribution in [0, 0.1) is 5.92 Å². The second kappa shape index (κ2) is 11.4. The Morgan fingerprint density at radius 3 is 2.20 bits per heavy atom. The third kappa shape index (κ3) is 8.23. The van der Waals surface area contributed by atoms with Crippen molar-refractivity contribution in [1.82, 2.24) is 4.31 Å². The van der Waals surface area contributed by atoms with Gasteiger partial charge in [0.2, 0.25) is 0 Å². The van der Waals surface area contributed by atoms with Crippen LogP contribution in [0.2, 0.25) is 0 Å². The Hall–Kier alpha value is -0.470. The van der Waals surface area contributed by atoms with Crippen molar-refractivity contribution in [1.29, 1.82) is 0 Å². The summed E-state index contributed by atoms with van der Waals surface area (Å²) >= 11 is 2.17. The van der Waals surface area contributed by atoms with E-state index in [1.807, 2.05) is 20.8 Å². The summed E-state index contributed by atoms with van der Waals surface area (Å²) in [5.74, 6) is 0.541. The lowest BCUT2D eigenvalue weighted by Gasteiger charge is -2.36. The van der Waals surface area contributed by atoms with Gasteiger partial charge in [-0.1, -0.05) is 59.7 Å². The van der Waals surface area contributed by atoms with E-state index in [9.17, 15) is 9.90 Å². The molecule has 0 aliphatic heterocycles. The molecule has 0 heterocycles. The Morgan fingerprint density at radius 1 is 1.17 bits per heavy atom. The minimum absolute atomic E-state index is 0.0142. The predicted octanol–water partition coefficient (Wildman–Crippen LogP) is 7.27. The maximum absolute atomic E-state index is 13.0. The molecule has 172 valence electrons. The number of benzene rings is 1. The van der Waals surface area contributed by atoms with Crippen LogP contribution in [0.15, 0.2) is 18.2 Å². The van der Waals surface area contributed by atoms with Crippen molar-refractivity contribution in [2.75, 3.05) is 6.61 Å². The van der Waals surface area contributed by atoms with Gasteiger partial charge in [0.05, 0.1) is 6.04 Å². The number of amides is 1. The van der Waals surface area contributed by atoms with E-state index >= 15 is 0 Å². The fraction of sp³-hybridized carbons (Fsp3) is 0.708. The number of rotatable bonds is 8. The van der Waals surface area contributed by atoms with Crippen molar-refractivity contribution < 1.29 is 14.6 Å². The highest BCUT2D eigenvalue weighted by Gasteiger charge is 2.34. The number of ether oxygens (including phenoxy) is 1. The largest absolute Gasteiger partial charge is 0.443 e. The summed E-state index contributed by atoms with van der Waals surface area (Å²) in [5.41, 5.74) is 3.12. The Labute approximate surface area is 200 Å². The molecule has 1 rings (SSSR count). The summed E-state index contributed by atoms with van der Waals surface area (Å²) in [6.07, 6.45) is 1.19. The Bertz CT molecular complexity index is 695. The summed E-state index contributed by atoms with van der Waals surface area (Å²) in [7, 11) is 1.40. The maximum atomic E-state index is 13.0. The molecule has 0 radical (unpaired) electrons. The molecule has 1 unspecified atom stereocenters. The van der Waals surface area contributed by atoms with E-state index in [1.54, 1.807) is 4.31 Å². The summed E-state index contributed by atoms with van der Waals surface area (Å²) in [6, 6.07) is 6.59. The van der Waals surface area contributed by atoms with E-state index in [-0.39, 0.29) is 30.1 Å². The second-order valence-electron chi connectivity index (χ2n) is 10.5.